The third kappa shape index (κ3) is 9.96. The van der Waals surface area contributed by atoms with Gasteiger partial charge in [0.15, 0.2) is 0 Å². The van der Waals surface area contributed by atoms with Crippen LogP contribution in [0.2, 0.25) is 0 Å². The summed E-state index contributed by atoms with van der Waals surface area (Å²) in [5.41, 5.74) is 3.21. The average molecular weight is 521 g/mol. The molecule has 0 aliphatic carbocycles. The summed E-state index contributed by atoms with van der Waals surface area (Å²) in [6.45, 7) is 9.07. The number of carbonyl (C=O) groups is 2. The van der Waals surface area contributed by atoms with Crippen LogP contribution in [0.5, 0.6) is 0 Å². The van der Waals surface area contributed by atoms with Crippen molar-refractivity contribution in [1.82, 2.24) is 20.4 Å². The SMILES string of the molecule is Cc1nnc(Cc2cccc(CC(=O)O)c2)o1.Cc1nnc(Cc2cccc(CC(=O)OC(C)(C)C)c2)o1. The number of rotatable bonds is 8. The highest BCUT2D eigenvalue weighted by molar-refractivity contribution is 5.73. The highest BCUT2D eigenvalue weighted by Gasteiger charge is 2.16. The van der Waals surface area contributed by atoms with Gasteiger partial charge < -0.3 is 18.7 Å². The minimum absolute atomic E-state index is 0.0245. The molecule has 38 heavy (non-hydrogen) atoms. The molecule has 10 heteroatoms. The van der Waals surface area contributed by atoms with E-state index in [9.17, 15) is 9.59 Å². The number of aliphatic carboxylic acids is 1. The average Bonchev–Trinajstić information content (AvgIpc) is 3.40. The second-order valence-electron chi connectivity index (χ2n) is 9.76. The molecule has 0 radical (unpaired) electrons. The van der Waals surface area contributed by atoms with Gasteiger partial charge in [0.25, 0.3) is 0 Å². The molecule has 0 unspecified atom stereocenters. The summed E-state index contributed by atoms with van der Waals surface area (Å²) >= 11 is 0. The van der Waals surface area contributed by atoms with Gasteiger partial charge in [-0.2, -0.15) is 0 Å². The van der Waals surface area contributed by atoms with Crippen molar-refractivity contribution in [3.63, 3.8) is 0 Å². The lowest BCUT2D eigenvalue weighted by Crippen LogP contribution is -2.24. The molecule has 4 rings (SSSR count). The van der Waals surface area contributed by atoms with Crippen LogP contribution in [0.3, 0.4) is 0 Å². The topological polar surface area (TPSA) is 141 Å². The zero-order chi connectivity index (χ0) is 27.7. The molecule has 0 amide bonds. The quantitative estimate of drug-likeness (QED) is 0.331. The number of hydrogen-bond acceptors (Lipinski definition) is 9. The van der Waals surface area contributed by atoms with Crippen LogP contribution in [0, 0.1) is 13.8 Å². The molecule has 2 aromatic heterocycles. The summed E-state index contributed by atoms with van der Waals surface area (Å²) < 4.78 is 16.0. The van der Waals surface area contributed by atoms with E-state index >= 15 is 0 Å². The predicted molar refractivity (Wildman–Crippen MR) is 137 cm³/mol. The summed E-state index contributed by atoms with van der Waals surface area (Å²) in [7, 11) is 0. The maximum Gasteiger partial charge on any atom is 0.310 e. The molecule has 4 aromatic rings. The molecule has 0 aliphatic heterocycles. The van der Waals surface area contributed by atoms with E-state index in [0.717, 1.165) is 22.3 Å². The standard InChI is InChI=1S/C16H20N2O3.C12H12N2O3/c1-11-17-18-14(20-11)9-12-6-5-7-13(8-12)10-15(19)21-16(2,3)4;1-8-13-14-11(17-8)6-9-3-2-4-10(5-9)7-12(15)16/h5-8H,9-10H2,1-4H3;2-5H,6-7H2,1H3,(H,15,16). The summed E-state index contributed by atoms with van der Waals surface area (Å²) in [5, 5.41) is 24.1. The van der Waals surface area contributed by atoms with Crippen LogP contribution in [-0.2, 0) is 40.0 Å². The second kappa shape index (κ2) is 12.8. The zero-order valence-electron chi connectivity index (χ0n) is 22.2. The molecule has 200 valence electrons. The van der Waals surface area contributed by atoms with Gasteiger partial charge in [-0.15, -0.1) is 20.4 Å². The lowest BCUT2D eigenvalue weighted by atomic mass is 10.1. The van der Waals surface area contributed by atoms with E-state index < -0.39 is 11.6 Å². The van der Waals surface area contributed by atoms with E-state index in [-0.39, 0.29) is 18.8 Å². The summed E-state index contributed by atoms with van der Waals surface area (Å²) in [4.78, 5) is 22.4. The predicted octanol–water partition coefficient (Wildman–Crippen LogP) is 4.45. The molecular weight excluding hydrogens is 488 g/mol. The van der Waals surface area contributed by atoms with Crippen molar-refractivity contribution in [2.75, 3.05) is 0 Å². The van der Waals surface area contributed by atoms with Gasteiger partial charge >= 0.3 is 11.9 Å². The molecule has 0 saturated carbocycles. The number of carbonyl (C=O) groups excluding carboxylic acids is 1. The van der Waals surface area contributed by atoms with Crippen molar-refractivity contribution in [2.45, 2.75) is 65.9 Å². The molecule has 0 saturated heterocycles. The van der Waals surface area contributed by atoms with Gasteiger partial charge in [0.05, 0.1) is 25.7 Å². The molecule has 0 bridgehead atoms. The second-order valence-corrected chi connectivity index (χ2v) is 9.76. The highest BCUT2D eigenvalue weighted by Crippen LogP contribution is 2.14. The fraction of sp³-hybridized carbons (Fsp3) is 0.357. The number of carboxylic acids is 1. The molecule has 0 spiro atoms. The molecule has 0 atom stereocenters. The Bertz CT molecular complexity index is 1370. The van der Waals surface area contributed by atoms with Crippen LogP contribution in [0.1, 0.15) is 66.6 Å². The molecule has 10 nitrogen and oxygen atoms in total. The van der Waals surface area contributed by atoms with Gasteiger partial charge in [-0.25, -0.2) is 0 Å². The fourth-order valence-electron chi connectivity index (χ4n) is 3.59. The Morgan fingerprint density at radius 3 is 1.61 bits per heavy atom. The molecule has 2 aromatic carbocycles. The summed E-state index contributed by atoms with van der Waals surface area (Å²) in [6.07, 6.45) is 1.36. The number of ether oxygens (including phenoxy) is 1. The largest absolute Gasteiger partial charge is 0.481 e. The van der Waals surface area contributed by atoms with Crippen molar-refractivity contribution in [3.05, 3.63) is 94.3 Å². The fourth-order valence-corrected chi connectivity index (χ4v) is 3.59. The summed E-state index contributed by atoms with van der Waals surface area (Å²) in [5.74, 6) is 1.12. The molecule has 2 heterocycles. The van der Waals surface area contributed by atoms with Crippen LogP contribution in [0.25, 0.3) is 0 Å². The van der Waals surface area contributed by atoms with E-state index in [2.05, 4.69) is 20.4 Å². The van der Waals surface area contributed by atoms with E-state index in [0.29, 0.717) is 36.4 Å². The Morgan fingerprint density at radius 2 is 1.21 bits per heavy atom. The molecule has 0 fully saturated rings. The van der Waals surface area contributed by atoms with E-state index in [1.165, 1.54) is 0 Å². The zero-order valence-corrected chi connectivity index (χ0v) is 22.2. The van der Waals surface area contributed by atoms with Crippen LogP contribution >= 0.6 is 0 Å². The minimum atomic E-state index is -0.837. The maximum atomic E-state index is 11.8. The van der Waals surface area contributed by atoms with Gasteiger partial charge in [0.1, 0.15) is 5.60 Å². The summed E-state index contributed by atoms with van der Waals surface area (Å²) in [6, 6.07) is 15.1. The third-order valence-electron chi connectivity index (χ3n) is 4.95. The Morgan fingerprint density at radius 1 is 0.763 bits per heavy atom. The van der Waals surface area contributed by atoms with Gasteiger partial charge in [-0.1, -0.05) is 48.5 Å². The van der Waals surface area contributed by atoms with E-state index in [1.54, 1.807) is 19.9 Å². The van der Waals surface area contributed by atoms with Crippen molar-refractivity contribution in [3.8, 4) is 0 Å². The number of carboxylic acid groups (broad SMARTS) is 1. The Hall–Kier alpha value is -4.34. The Kier molecular flexibility index (Phi) is 9.48. The normalized spacial score (nSPS) is 11.0. The van der Waals surface area contributed by atoms with Crippen molar-refractivity contribution >= 4 is 11.9 Å². The molecular formula is C28H32N4O6. The highest BCUT2D eigenvalue weighted by atomic mass is 16.6. The van der Waals surface area contributed by atoms with E-state index in [4.69, 9.17) is 18.7 Å². The maximum absolute atomic E-state index is 11.8. The van der Waals surface area contributed by atoms with Crippen molar-refractivity contribution in [2.24, 2.45) is 0 Å². The first-order chi connectivity index (χ1) is 17.9. The third-order valence-corrected chi connectivity index (χ3v) is 4.95. The first kappa shape index (κ1) is 28.2. The lowest BCUT2D eigenvalue weighted by molar-refractivity contribution is -0.154. The smallest absolute Gasteiger partial charge is 0.310 e. The minimum Gasteiger partial charge on any atom is -0.481 e. The lowest BCUT2D eigenvalue weighted by Gasteiger charge is -2.19. The van der Waals surface area contributed by atoms with E-state index in [1.807, 2.05) is 63.2 Å². The van der Waals surface area contributed by atoms with Crippen LogP contribution < -0.4 is 0 Å². The number of benzene rings is 2. The number of aryl methyl sites for hydroxylation is 2. The number of hydrogen-bond donors (Lipinski definition) is 1. The van der Waals surface area contributed by atoms with Gasteiger partial charge in [-0.3, -0.25) is 9.59 Å². The first-order valence-electron chi connectivity index (χ1n) is 12.1. The van der Waals surface area contributed by atoms with Gasteiger partial charge in [-0.05, 0) is 43.0 Å². The number of nitrogens with zero attached hydrogens (tertiary/aromatic N) is 4. The van der Waals surface area contributed by atoms with Crippen molar-refractivity contribution < 1.29 is 28.3 Å². The molecule has 0 aliphatic rings. The molecule has 1 N–H and O–H groups in total. The van der Waals surface area contributed by atoms with Crippen LogP contribution in [-0.4, -0.2) is 43.0 Å². The Balaban J connectivity index is 0.000000215. The Labute approximate surface area is 221 Å². The van der Waals surface area contributed by atoms with Crippen molar-refractivity contribution in [1.29, 1.82) is 0 Å². The van der Waals surface area contributed by atoms with Crippen LogP contribution in [0.15, 0.2) is 57.4 Å². The van der Waals surface area contributed by atoms with Gasteiger partial charge in [0, 0.05) is 13.8 Å². The monoisotopic (exact) mass is 520 g/mol. The van der Waals surface area contributed by atoms with Crippen LogP contribution in [0.4, 0.5) is 0 Å². The number of esters is 1. The number of aromatic nitrogens is 4. The van der Waals surface area contributed by atoms with Gasteiger partial charge in [0.2, 0.25) is 23.6 Å². The first-order valence-corrected chi connectivity index (χ1v) is 12.1.